The molecule has 0 N–H and O–H groups in total. The first-order chi connectivity index (χ1) is 7.36. The summed E-state index contributed by atoms with van der Waals surface area (Å²) in [6.45, 7) is 2.16. The van der Waals surface area contributed by atoms with Crippen molar-refractivity contribution in [1.29, 1.82) is 0 Å². The summed E-state index contributed by atoms with van der Waals surface area (Å²) in [7, 11) is 3.39. The molecule has 3 nitrogen and oxygen atoms in total. The average molecular weight is 216 g/mol. The molecule has 1 rings (SSSR count). The predicted octanol–water partition coefficient (Wildman–Crippen LogP) is 2.24. The van der Waals surface area contributed by atoms with E-state index in [-0.39, 0.29) is 6.10 Å². The summed E-state index contributed by atoms with van der Waals surface area (Å²) in [6, 6.07) is 0. The Hall–Kier alpha value is -0.120. The molecule has 1 fully saturated rings. The van der Waals surface area contributed by atoms with E-state index in [0.29, 0.717) is 13.2 Å². The SMILES string of the molecule is COC[C@@H](COCC1CCCCC1)OC. The van der Waals surface area contributed by atoms with Gasteiger partial charge >= 0.3 is 0 Å². The Labute approximate surface area is 93.1 Å². The molecule has 0 saturated heterocycles. The summed E-state index contributed by atoms with van der Waals surface area (Å²) in [5, 5.41) is 0. The molecular formula is C12H24O3. The van der Waals surface area contributed by atoms with E-state index in [1.54, 1.807) is 14.2 Å². The van der Waals surface area contributed by atoms with Gasteiger partial charge in [-0.15, -0.1) is 0 Å². The van der Waals surface area contributed by atoms with Crippen LogP contribution in [0.2, 0.25) is 0 Å². The number of rotatable bonds is 7. The quantitative estimate of drug-likeness (QED) is 0.653. The Bertz CT molecular complexity index is 139. The maximum Gasteiger partial charge on any atom is 0.104 e. The van der Waals surface area contributed by atoms with Crippen LogP contribution in [0, 0.1) is 5.92 Å². The van der Waals surface area contributed by atoms with Crippen LogP contribution in [-0.4, -0.2) is 40.1 Å². The van der Waals surface area contributed by atoms with Gasteiger partial charge in [0.2, 0.25) is 0 Å². The Kier molecular flexibility index (Phi) is 6.98. The van der Waals surface area contributed by atoms with Crippen molar-refractivity contribution in [1.82, 2.24) is 0 Å². The van der Waals surface area contributed by atoms with Crippen molar-refractivity contribution in [2.45, 2.75) is 38.2 Å². The van der Waals surface area contributed by atoms with Gasteiger partial charge in [-0.2, -0.15) is 0 Å². The number of ether oxygens (including phenoxy) is 3. The normalized spacial score (nSPS) is 20.4. The van der Waals surface area contributed by atoms with Crippen LogP contribution in [0.1, 0.15) is 32.1 Å². The fourth-order valence-electron chi connectivity index (χ4n) is 2.09. The Morgan fingerprint density at radius 1 is 1.07 bits per heavy atom. The van der Waals surface area contributed by atoms with Crippen LogP contribution in [0.25, 0.3) is 0 Å². The standard InChI is InChI=1S/C12H24O3/c1-13-9-12(14-2)10-15-8-11-6-4-3-5-7-11/h11-12H,3-10H2,1-2H3/t12-/m0/s1. The Morgan fingerprint density at radius 2 is 1.80 bits per heavy atom. The Balaban J connectivity index is 2.03. The van der Waals surface area contributed by atoms with E-state index in [2.05, 4.69) is 0 Å². The second kappa shape index (κ2) is 8.08. The van der Waals surface area contributed by atoms with Gasteiger partial charge in [0, 0.05) is 20.8 Å². The molecule has 0 radical (unpaired) electrons. The third kappa shape index (κ3) is 5.50. The molecule has 0 aliphatic heterocycles. The smallest absolute Gasteiger partial charge is 0.104 e. The van der Waals surface area contributed by atoms with Gasteiger partial charge in [0.1, 0.15) is 6.10 Å². The van der Waals surface area contributed by atoms with Crippen molar-refractivity contribution in [2.75, 3.05) is 34.0 Å². The molecule has 1 aliphatic carbocycles. The third-order valence-corrected chi connectivity index (χ3v) is 3.07. The van der Waals surface area contributed by atoms with Crippen molar-refractivity contribution < 1.29 is 14.2 Å². The fraction of sp³-hybridized carbons (Fsp3) is 1.00. The molecule has 15 heavy (non-hydrogen) atoms. The molecule has 3 heteroatoms. The molecule has 0 heterocycles. The molecule has 90 valence electrons. The molecule has 1 aliphatic rings. The van der Waals surface area contributed by atoms with Gasteiger partial charge in [0.15, 0.2) is 0 Å². The van der Waals surface area contributed by atoms with Crippen molar-refractivity contribution in [3.63, 3.8) is 0 Å². The lowest BCUT2D eigenvalue weighted by Gasteiger charge is -2.22. The topological polar surface area (TPSA) is 27.7 Å². The zero-order valence-electron chi connectivity index (χ0n) is 10.0. The lowest BCUT2D eigenvalue weighted by atomic mass is 9.90. The molecule has 0 spiro atoms. The number of hydrogen-bond acceptors (Lipinski definition) is 3. The highest BCUT2D eigenvalue weighted by molar-refractivity contribution is 4.65. The van der Waals surface area contributed by atoms with E-state index >= 15 is 0 Å². The molecule has 0 aromatic carbocycles. The van der Waals surface area contributed by atoms with Crippen molar-refractivity contribution in [3.05, 3.63) is 0 Å². The van der Waals surface area contributed by atoms with Crippen LogP contribution in [0.4, 0.5) is 0 Å². The van der Waals surface area contributed by atoms with E-state index in [4.69, 9.17) is 14.2 Å². The highest BCUT2D eigenvalue weighted by Gasteiger charge is 2.14. The number of methoxy groups -OCH3 is 2. The van der Waals surface area contributed by atoms with Crippen LogP contribution >= 0.6 is 0 Å². The number of hydrogen-bond donors (Lipinski definition) is 0. The third-order valence-electron chi connectivity index (χ3n) is 3.07. The van der Waals surface area contributed by atoms with E-state index in [1.807, 2.05) is 0 Å². The zero-order chi connectivity index (χ0) is 10.9. The maximum absolute atomic E-state index is 5.67. The first-order valence-corrected chi connectivity index (χ1v) is 5.96. The van der Waals surface area contributed by atoms with E-state index in [9.17, 15) is 0 Å². The van der Waals surface area contributed by atoms with Gasteiger partial charge in [-0.05, 0) is 18.8 Å². The summed E-state index contributed by atoms with van der Waals surface area (Å²) in [6.07, 6.45) is 6.91. The summed E-state index contributed by atoms with van der Waals surface area (Å²) < 4.78 is 15.9. The molecule has 0 aromatic heterocycles. The largest absolute Gasteiger partial charge is 0.382 e. The molecule has 1 saturated carbocycles. The summed E-state index contributed by atoms with van der Waals surface area (Å²) >= 11 is 0. The second-order valence-electron chi connectivity index (χ2n) is 4.35. The minimum Gasteiger partial charge on any atom is -0.382 e. The first-order valence-electron chi connectivity index (χ1n) is 5.96. The molecular weight excluding hydrogens is 192 g/mol. The van der Waals surface area contributed by atoms with Crippen molar-refractivity contribution >= 4 is 0 Å². The zero-order valence-corrected chi connectivity index (χ0v) is 10.0. The van der Waals surface area contributed by atoms with Gasteiger partial charge in [0.05, 0.1) is 13.2 Å². The summed E-state index contributed by atoms with van der Waals surface area (Å²) in [5.41, 5.74) is 0. The van der Waals surface area contributed by atoms with Gasteiger partial charge in [0.25, 0.3) is 0 Å². The van der Waals surface area contributed by atoms with Gasteiger partial charge in [-0.1, -0.05) is 19.3 Å². The lowest BCUT2D eigenvalue weighted by molar-refractivity contribution is -0.0393. The summed E-state index contributed by atoms with van der Waals surface area (Å²) in [5.74, 6) is 0.777. The maximum atomic E-state index is 5.67. The molecule has 0 unspecified atom stereocenters. The second-order valence-corrected chi connectivity index (χ2v) is 4.35. The van der Waals surface area contributed by atoms with Crippen LogP contribution in [-0.2, 0) is 14.2 Å². The van der Waals surface area contributed by atoms with E-state index < -0.39 is 0 Å². The van der Waals surface area contributed by atoms with E-state index in [0.717, 1.165) is 12.5 Å². The monoisotopic (exact) mass is 216 g/mol. The van der Waals surface area contributed by atoms with Gasteiger partial charge in [-0.3, -0.25) is 0 Å². The predicted molar refractivity (Wildman–Crippen MR) is 60.1 cm³/mol. The van der Waals surface area contributed by atoms with Gasteiger partial charge < -0.3 is 14.2 Å². The highest BCUT2D eigenvalue weighted by atomic mass is 16.5. The van der Waals surface area contributed by atoms with Crippen LogP contribution in [0.3, 0.4) is 0 Å². The molecule has 0 bridgehead atoms. The first kappa shape index (κ1) is 12.9. The van der Waals surface area contributed by atoms with Crippen molar-refractivity contribution in [2.24, 2.45) is 5.92 Å². The molecule has 1 atom stereocenters. The average Bonchev–Trinajstić information content (AvgIpc) is 2.29. The van der Waals surface area contributed by atoms with Crippen LogP contribution < -0.4 is 0 Å². The fourth-order valence-corrected chi connectivity index (χ4v) is 2.09. The minimum absolute atomic E-state index is 0.0820. The van der Waals surface area contributed by atoms with Crippen LogP contribution in [0.5, 0.6) is 0 Å². The molecule has 0 amide bonds. The highest BCUT2D eigenvalue weighted by Crippen LogP contribution is 2.23. The lowest BCUT2D eigenvalue weighted by Crippen LogP contribution is -2.25. The van der Waals surface area contributed by atoms with E-state index in [1.165, 1.54) is 32.1 Å². The van der Waals surface area contributed by atoms with Crippen molar-refractivity contribution in [3.8, 4) is 0 Å². The Morgan fingerprint density at radius 3 is 2.40 bits per heavy atom. The summed E-state index contributed by atoms with van der Waals surface area (Å²) in [4.78, 5) is 0. The minimum atomic E-state index is 0.0820. The molecule has 0 aromatic rings. The van der Waals surface area contributed by atoms with Crippen LogP contribution in [0.15, 0.2) is 0 Å². The van der Waals surface area contributed by atoms with Gasteiger partial charge in [-0.25, -0.2) is 0 Å².